The molecule has 3 aliphatic rings. The first kappa shape index (κ1) is 19.3. The quantitative estimate of drug-likeness (QED) is 0.565. The number of cyclic esters (lactones) is 1. The van der Waals surface area contributed by atoms with Gasteiger partial charge in [-0.05, 0) is 48.8 Å². The zero-order valence-corrected chi connectivity index (χ0v) is 17.0. The Kier molecular flexibility index (Phi) is 5.44. The summed E-state index contributed by atoms with van der Waals surface area (Å²) in [7, 11) is 0. The van der Waals surface area contributed by atoms with Gasteiger partial charge in [-0.1, -0.05) is 36.9 Å². The van der Waals surface area contributed by atoms with Crippen molar-refractivity contribution in [3.05, 3.63) is 58.9 Å². The Morgan fingerprint density at radius 1 is 1.24 bits per heavy atom. The summed E-state index contributed by atoms with van der Waals surface area (Å²) >= 11 is 1.46. The Balaban J connectivity index is 1.73. The van der Waals surface area contributed by atoms with Crippen LogP contribution in [-0.4, -0.2) is 39.4 Å². The number of fused-ring (bicyclic) bond motifs is 1. The summed E-state index contributed by atoms with van der Waals surface area (Å²) < 4.78 is 5.34. The van der Waals surface area contributed by atoms with E-state index in [0.29, 0.717) is 11.1 Å². The monoisotopic (exact) mass is 408 g/mol. The smallest absolute Gasteiger partial charge is 0.363 e. The highest BCUT2D eigenvalue weighted by atomic mass is 32.2. The number of amidine groups is 1. The standard InChI is InChI=1S/C21H20N4O3S/c1-3-29-21-23-18-15(10-7-11-16(18)24-25(21)13(2)26)12-17-20(27)28-19(22-17)14-8-5-4-6-9-14/h4-6,8-9,12H,3,7,10-11H2,1-2H3/b17-12-. The molecule has 2 heterocycles. The first-order chi connectivity index (χ1) is 14.1. The number of carbonyl (C=O) groups is 2. The summed E-state index contributed by atoms with van der Waals surface area (Å²) in [4.78, 5) is 33.4. The number of allylic oxidation sites excluding steroid dienone is 3. The van der Waals surface area contributed by atoms with Crippen molar-refractivity contribution in [1.29, 1.82) is 0 Å². The van der Waals surface area contributed by atoms with E-state index in [4.69, 9.17) is 9.73 Å². The molecule has 8 heteroatoms. The number of thioether (sulfide) groups is 1. The van der Waals surface area contributed by atoms with Gasteiger partial charge < -0.3 is 4.74 Å². The molecular weight excluding hydrogens is 388 g/mol. The van der Waals surface area contributed by atoms with E-state index in [1.165, 1.54) is 23.7 Å². The average Bonchev–Trinajstić information content (AvgIpc) is 3.09. The fourth-order valence-electron chi connectivity index (χ4n) is 3.26. The van der Waals surface area contributed by atoms with Crippen molar-refractivity contribution in [1.82, 2.24) is 5.01 Å². The molecule has 0 bridgehead atoms. The molecule has 0 N–H and O–H groups in total. The number of hydrogen-bond acceptors (Lipinski definition) is 7. The number of hydrazone groups is 1. The van der Waals surface area contributed by atoms with Gasteiger partial charge in [0.2, 0.25) is 11.8 Å². The second-order valence-corrected chi connectivity index (χ2v) is 7.87. The lowest BCUT2D eigenvalue weighted by Gasteiger charge is -2.27. The third-order valence-electron chi connectivity index (χ3n) is 4.57. The molecule has 0 unspecified atom stereocenters. The molecule has 0 radical (unpaired) electrons. The van der Waals surface area contributed by atoms with E-state index in [1.807, 2.05) is 37.3 Å². The first-order valence-electron chi connectivity index (χ1n) is 9.48. The number of amides is 1. The molecule has 0 spiro atoms. The van der Waals surface area contributed by atoms with Crippen LogP contribution >= 0.6 is 11.8 Å². The Morgan fingerprint density at radius 3 is 2.76 bits per heavy atom. The van der Waals surface area contributed by atoms with Crippen molar-refractivity contribution in [2.45, 2.75) is 33.1 Å². The van der Waals surface area contributed by atoms with Crippen molar-refractivity contribution >= 4 is 40.4 Å². The first-order valence-corrected chi connectivity index (χ1v) is 10.5. The Bertz CT molecular complexity index is 1020. The van der Waals surface area contributed by atoms with Crippen LogP contribution in [0.15, 0.2) is 68.5 Å². The van der Waals surface area contributed by atoms with E-state index < -0.39 is 5.97 Å². The second kappa shape index (κ2) is 8.16. The van der Waals surface area contributed by atoms with Gasteiger partial charge in [0, 0.05) is 12.5 Å². The van der Waals surface area contributed by atoms with Crippen LogP contribution < -0.4 is 0 Å². The molecule has 0 saturated heterocycles. The van der Waals surface area contributed by atoms with Crippen molar-refractivity contribution < 1.29 is 14.3 Å². The van der Waals surface area contributed by atoms with Crippen LogP contribution in [-0.2, 0) is 14.3 Å². The predicted octanol–water partition coefficient (Wildman–Crippen LogP) is 3.64. The number of benzene rings is 1. The third-order valence-corrected chi connectivity index (χ3v) is 5.38. The zero-order chi connectivity index (χ0) is 20.4. The zero-order valence-electron chi connectivity index (χ0n) is 16.2. The number of esters is 1. The maximum absolute atomic E-state index is 12.3. The van der Waals surface area contributed by atoms with Crippen LogP contribution in [0.4, 0.5) is 0 Å². The molecule has 0 aromatic heterocycles. The van der Waals surface area contributed by atoms with Gasteiger partial charge in [0.05, 0.1) is 11.4 Å². The minimum atomic E-state index is -0.477. The van der Waals surface area contributed by atoms with Gasteiger partial charge in [-0.25, -0.2) is 14.8 Å². The summed E-state index contributed by atoms with van der Waals surface area (Å²) in [5, 5.41) is 6.43. The summed E-state index contributed by atoms with van der Waals surface area (Å²) in [5.41, 5.74) is 3.38. The Labute approximate surface area is 172 Å². The van der Waals surface area contributed by atoms with Gasteiger partial charge in [0.25, 0.3) is 0 Å². The summed E-state index contributed by atoms with van der Waals surface area (Å²) in [6, 6.07) is 9.32. The number of carbonyl (C=O) groups excluding carboxylic acids is 2. The van der Waals surface area contributed by atoms with Crippen LogP contribution in [0.5, 0.6) is 0 Å². The number of aliphatic imine (C=N–C) groups is 2. The maximum Gasteiger partial charge on any atom is 0.363 e. The minimum absolute atomic E-state index is 0.168. The molecule has 0 saturated carbocycles. The Morgan fingerprint density at radius 2 is 2.03 bits per heavy atom. The van der Waals surface area contributed by atoms with Crippen molar-refractivity contribution in [3.8, 4) is 0 Å². The largest absolute Gasteiger partial charge is 0.402 e. The molecule has 1 aromatic carbocycles. The second-order valence-electron chi connectivity index (χ2n) is 6.63. The predicted molar refractivity (Wildman–Crippen MR) is 114 cm³/mol. The van der Waals surface area contributed by atoms with Gasteiger partial charge in [0.15, 0.2) is 10.9 Å². The van der Waals surface area contributed by atoms with Gasteiger partial charge in [0.1, 0.15) is 0 Å². The van der Waals surface area contributed by atoms with Crippen LogP contribution in [0.3, 0.4) is 0 Å². The molecule has 7 nitrogen and oxygen atoms in total. The SMILES string of the molecule is CCSC1=NC2=C(/C=C3\N=C(c4ccccc4)OC3=O)CCCC2=NN1C(C)=O. The number of nitrogens with zero attached hydrogens (tertiary/aromatic N) is 4. The van der Waals surface area contributed by atoms with Crippen molar-refractivity contribution in [3.63, 3.8) is 0 Å². The molecule has 29 heavy (non-hydrogen) atoms. The lowest BCUT2D eigenvalue weighted by Crippen LogP contribution is -2.34. The maximum atomic E-state index is 12.3. The van der Waals surface area contributed by atoms with Gasteiger partial charge in [-0.15, -0.1) is 0 Å². The molecule has 0 fully saturated rings. The van der Waals surface area contributed by atoms with E-state index in [0.717, 1.165) is 47.6 Å². The molecule has 1 aliphatic carbocycles. The van der Waals surface area contributed by atoms with E-state index in [9.17, 15) is 9.59 Å². The van der Waals surface area contributed by atoms with Crippen LogP contribution in [0.25, 0.3) is 0 Å². The molecule has 2 aliphatic heterocycles. The fraction of sp³-hybridized carbons (Fsp3) is 0.286. The van der Waals surface area contributed by atoms with E-state index in [1.54, 1.807) is 6.08 Å². The highest BCUT2D eigenvalue weighted by Crippen LogP contribution is 2.31. The van der Waals surface area contributed by atoms with E-state index in [2.05, 4.69) is 10.1 Å². The van der Waals surface area contributed by atoms with Crippen molar-refractivity contribution in [2.24, 2.45) is 15.1 Å². The molecule has 1 amide bonds. The number of rotatable bonds is 3. The number of ether oxygens (including phenoxy) is 1. The van der Waals surface area contributed by atoms with Gasteiger partial charge >= 0.3 is 5.97 Å². The highest BCUT2D eigenvalue weighted by molar-refractivity contribution is 8.13. The van der Waals surface area contributed by atoms with Crippen LogP contribution in [0, 0.1) is 0 Å². The molecule has 0 atom stereocenters. The fourth-order valence-corrected chi connectivity index (χ4v) is 3.96. The Hall–Kier alpha value is -3.00. The summed E-state index contributed by atoms with van der Waals surface area (Å²) in [6.45, 7) is 3.47. The lowest BCUT2D eigenvalue weighted by atomic mass is 9.94. The van der Waals surface area contributed by atoms with Gasteiger partial charge in [-0.3, -0.25) is 4.79 Å². The highest BCUT2D eigenvalue weighted by Gasteiger charge is 2.30. The van der Waals surface area contributed by atoms with Crippen LogP contribution in [0.2, 0.25) is 0 Å². The van der Waals surface area contributed by atoms with E-state index in [-0.39, 0.29) is 11.6 Å². The third kappa shape index (κ3) is 3.93. The summed E-state index contributed by atoms with van der Waals surface area (Å²) in [5.74, 6) is 0.426. The van der Waals surface area contributed by atoms with Gasteiger partial charge in [-0.2, -0.15) is 10.1 Å². The van der Waals surface area contributed by atoms with Crippen LogP contribution in [0.1, 0.15) is 38.7 Å². The van der Waals surface area contributed by atoms with E-state index >= 15 is 0 Å². The minimum Gasteiger partial charge on any atom is -0.402 e. The topological polar surface area (TPSA) is 83.7 Å². The molecule has 1 aromatic rings. The lowest BCUT2D eigenvalue weighted by molar-refractivity contribution is -0.130. The molecule has 148 valence electrons. The normalized spacial score (nSPS) is 20.2. The average molecular weight is 408 g/mol. The number of hydrogen-bond donors (Lipinski definition) is 0. The molecular formula is C21H20N4O3S. The molecule has 4 rings (SSSR count). The van der Waals surface area contributed by atoms with Crippen molar-refractivity contribution in [2.75, 3.05) is 5.75 Å². The summed E-state index contributed by atoms with van der Waals surface area (Å²) in [6.07, 6.45) is 4.10.